The van der Waals surface area contributed by atoms with Gasteiger partial charge < -0.3 is 10.0 Å². The average Bonchev–Trinajstić information content (AvgIpc) is 2.97. The maximum Gasteiger partial charge on any atom is 0.430 e. The van der Waals surface area contributed by atoms with Crippen molar-refractivity contribution in [2.24, 2.45) is 4.99 Å². The summed E-state index contributed by atoms with van der Waals surface area (Å²) in [5.74, 6) is 0.764. The predicted molar refractivity (Wildman–Crippen MR) is 75.6 cm³/mol. The van der Waals surface area contributed by atoms with Crippen LogP contribution in [0.3, 0.4) is 0 Å². The van der Waals surface area contributed by atoms with Crippen LogP contribution in [0.2, 0.25) is 0 Å². The molecule has 2 rings (SSSR count). The molecule has 3 nitrogen and oxygen atoms in total. The number of aliphatic hydroxyl groups is 1. The number of alkyl halides is 6. The first-order valence-corrected chi connectivity index (χ1v) is 7.34. The SMILES string of the molecule is CN(C1=NCCS1)c1ccc(C(O)(C(F)(F)F)C(F)(F)F)cc1. The van der Waals surface area contributed by atoms with Gasteiger partial charge in [0.2, 0.25) is 0 Å². The van der Waals surface area contributed by atoms with Crippen molar-refractivity contribution in [3.8, 4) is 0 Å². The molecule has 128 valence electrons. The van der Waals surface area contributed by atoms with Crippen LogP contribution in [0.4, 0.5) is 32.0 Å². The molecular formula is C13H12F6N2OS. The molecular weight excluding hydrogens is 346 g/mol. The summed E-state index contributed by atoms with van der Waals surface area (Å²) < 4.78 is 76.7. The second-order valence-corrected chi connectivity index (χ2v) is 5.89. The Morgan fingerprint density at radius 2 is 1.57 bits per heavy atom. The number of amidine groups is 1. The molecule has 0 aliphatic carbocycles. The third-order valence-corrected chi connectivity index (χ3v) is 4.40. The minimum absolute atomic E-state index is 0.369. The molecule has 0 amide bonds. The zero-order valence-corrected chi connectivity index (χ0v) is 12.6. The third kappa shape index (κ3) is 3.14. The van der Waals surface area contributed by atoms with Crippen molar-refractivity contribution in [1.29, 1.82) is 0 Å². The molecule has 0 fully saturated rings. The second-order valence-electron chi connectivity index (χ2n) is 4.82. The van der Waals surface area contributed by atoms with Gasteiger partial charge in [-0.05, 0) is 12.1 Å². The van der Waals surface area contributed by atoms with E-state index >= 15 is 0 Å². The maximum absolute atomic E-state index is 12.8. The average molecular weight is 358 g/mol. The number of thioether (sulfide) groups is 1. The highest BCUT2D eigenvalue weighted by atomic mass is 32.2. The van der Waals surface area contributed by atoms with E-state index in [1.54, 1.807) is 11.9 Å². The van der Waals surface area contributed by atoms with E-state index < -0.39 is 23.5 Å². The van der Waals surface area contributed by atoms with E-state index in [2.05, 4.69) is 4.99 Å². The summed E-state index contributed by atoms with van der Waals surface area (Å²) in [7, 11) is 1.60. The minimum Gasteiger partial charge on any atom is -0.369 e. The van der Waals surface area contributed by atoms with Crippen LogP contribution in [0.5, 0.6) is 0 Å². The fourth-order valence-electron chi connectivity index (χ4n) is 2.05. The van der Waals surface area contributed by atoms with Crippen molar-refractivity contribution in [2.75, 3.05) is 24.2 Å². The Morgan fingerprint density at radius 3 is 1.96 bits per heavy atom. The summed E-state index contributed by atoms with van der Waals surface area (Å²) >= 11 is 1.43. The molecule has 0 saturated heterocycles. The van der Waals surface area contributed by atoms with Crippen LogP contribution in [-0.4, -0.2) is 42.0 Å². The predicted octanol–water partition coefficient (Wildman–Crippen LogP) is 3.54. The van der Waals surface area contributed by atoms with Gasteiger partial charge in [0.05, 0.1) is 6.54 Å². The van der Waals surface area contributed by atoms with E-state index in [0.29, 0.717) is 29.5 Å². The standard InChI is InChI=1S/C13H12F6N2OS/c1-21(10-20-6-7-23-10)9-4-2-8(3-5-9)11(22,12(14,15)16)13(17,18)19/h2-5,22H,6-7H2,1H3. The van der Waals surface area contributed by atoms with Crippen molar-refractivity contribution < 1.29 is 31.4 Å². The smallest absolute Gasteiger partial charge is 0.369 e. The molecule has 0 aromatic heterocycles. The normalized spacial score (nSPS) is 16.4. The molecule has 0 spiro atoms. The highest BCUT2D eigenvalue weighted by molar-refractivity contribution is 8.14. The topological polar surface area (TPSA) is 35.8 Å². The van der Waals surface area contributed by atoms with Gasteiger partial charge >= 0.3 is 12.4 Å². The summed E-state index contributed by atoms with van der Waals surface area (Å²) in [6.07, 6.45) is -11.8. The highest BCUT2D eigenvalue weighted by Gasteiger charge is 2.71. The van der Waals surface area contributed by atoms with Crippen molar-refractivity contribution in [1.82, 2.24) is 0 Å². The lowest BCUT2D eigenvalue weighted by Gasteiger charge is -2.33. The van der Waals surface area contributed by atoms with Crippen LogP contribution >= 0.6 is 11.8 Å². The van der Waals surface area contributed by atoms with E-state index in [-0.39, 0.29) is 0 Å². The fraction of sp³-hybridized carbons (Fsp3) is 0.462. The molecule has 23 heavy (non-hydrogen) atoms. The van der Waals surface area contributed by atoms with Gasteiger partial charge in [-0.3, -0.25) is 4.99 Å². The lowest BCUT2D eigenvalue weighted by atomic mass is 9.92. The van der Waals surface area contributed by atoms with Gasteiger partial charge in [-0.15, -0.1) is 0 Å². The van der Waals surface area contributed by atoms with Gasteiger partial charge in [0, 0.05) is 24.1 Å². The largest absolute Gasteiger partial charge is 0.430 e. The van der Waals surface area contributed by atoms with Gasteiger partial charge in [-0.2, -0.15) is 26.3 Å². The van der Waals surface area contributed by atoms with Gasteiger partial charge in [0.25, 0.3) is 5.60 Å². The van der Waals surface area contributed by atoms with Crippen LogP contribution in [-0.2, 0) is 5.60 Å². The third-order valence-electron chi connectivity index (χ3n) is 3.35. The summed E-state index contributed by atoms with van der Waals surface area (Å²) in [5.41, 5.74) is -5.82. The van der Waals surface area contributed by atoms with E-state index in [1.807, 2.05) is 0 Å². The van der Waals surface area contributed by atoms with Crippen LogP contribution in [0.25, 0.3) is 0 Å². The van der Waals surface area contributed by atoms with Gasteiger partial charge in [0.15, 0.2) is 5.17 Å². The zero-order valence-electron chi connectivity index (χ0n) is 11.7. The Kier molecular flexibility index (Phi) is 4.60. The quantitative estimate of drug-likeness (QED) is 0.822. The van der Waals surface area contributed by atoms with Crippen molar-refractivity contribution in [2.45, 2.75) is 18.0 Å². The van der Waals surface area contributed by atoms with Crippen LogP contribution in [0, 0.1) is 0 Å². The van der Waals surface area contributed by atoms with Crippen LogP contribution in [0.1, 0.15) is 5.56 Å². The molecule has 1 aliphatic heterocycles. The number of hydrogen-bond donors (Lipinski definition) is 1. The number of aliphatic imine (C=N–C) groups is 1. The van der Waals surface area contributed by atoms with E-state index in [4.69, 9.17) is 0 Å². The molecule has 0 atom stereocenters. The van der Waals surface area contributed by atoms with Crippen molar-refractivity contribution in [3.63, 3.8) is 0 Å². The number of halogens is 6. The maximum atomic E-state index is 12.8. The van der Waals surface area contributed by atoms with Crippen molar-refractivity contribution >= 4 is 22.6 Å². The number of nitrogens with zero attached hydrogens (tertiary/aromatic N) is 2. The first kappa shape index (κ1) is 17.9. The fourth-order valence-corrected chi connectivity index (χ4v) is 2.90. The van der Waals surface area contributed by atoms with E-state index in [0.717, 1.165) is 17.9 Å². The molecule has 1 N–H and O–H groups in total. The monoisotopic (exact) mass is 358 g/mol. The number of hydrogen-bond acceptors (Lipinski definition) is 4. The lowest BCUT2D eigenvalue weighted by Crippen LogP contribution is -2.53. The lowest BCUT2D eigenvalue weighted by molar-refractivity contribution is -0.376. The van der Waals surface area contributed by atoms with Gasteiger partial charge in [-0.25, -0.2) is 0 Å². The molecule has 0 bridgehead atoms. The van der Waals surface area contributed by atoms with Crippen LogP contribution in [0.15, 0.2) is 29.3 Å². The summed E-state index contributed by atoms with van der Waals surface area (Å²) in [4.78, 5) is 5.72. The molecule has 1 aromatic carbocycles. The molecule has 1 aliphatic rings. The number of anilines is 1. The Balaban J connectivity index is 2.37. The molecule has 1 heterocycles. The molecule has 0 radical (unpaired) electrons. The summed E-state index contributed by atoms with van der Waals surface area (Å²) in [6, 6.07) is 3.40. The zero-order chi connectivity index (χ0) is 17.5. The van der Waals surface area contributed by atoms with Gasteiger partial charge in [0.1, 0.15) is 0 Å². The van der Waals surface area contributed by atoms with Crippen LogP contribution < -0.4 is 4.90 Å². The Bertz CT molecular complexity index is 582. The van der Waals surface area contributed by atoms with Crippen molar-refractivity contribution in [3.05, 3.63) is 29.8 Å². The first-order valence-electron chi connectivity index (χ1n) is 6.36. The molecule has 0 saturated carbocycles. The highest BCUT2D eigenvalue weighted by Crippen LogP contribution is 2.50. The number of rotatable bonds is 2. The van der Waals surface area contributed by atoms with Gasteiger partial charge in [-0.1, -0.05) is 23.9 Å². The van der Waals surface area contributed by atoms with E-state index in [1.165, 1.54) is 11.8 Å². The molecule has 1 aromatic rings. The summed E-state index contributed by atoms with van der Waals surface area (Å²) in [6.45, 7) is 0.602. The Hall–Kier alpha value is -1.42. The first-order chi connectivity index (χ1) is 10.5. The Morgan fingerprint density at radius 1 is 1.04 bits per heavy atom. The Labute approximate surface area is 132 Å². The molecule has 0 unspecified atom stereocenters. The second kappa shape index (κ2) is 5.90. The number of benzene rings is 1. The summed E-state index contributed by atoms with van der Waals surface area (Å²) in [5, 5.41) is 9.93. The minimum atomic E-state index is -5.88. The molecule has 10 heteroatoms. The van der Waals surface area contributed by atoms with E-state index in [9.17, 15) is 31.4 Å².